The minimum Gasteiger partial charge on any atom is -0.379 e. The number of pyridine rings is 1. The molecule has 2 aromatic heterocycles. The summed E-state index contributed by atoms with van der Waals surface area (Å²) in [5, 5.41) is 11.4. The van der Waals surface area contributed by atoms with Gasteiger partial charge in [0.15, 0.2) is 0 Å². The second-order valence-electron chi connectivity index (χ2n) is 9.11. The molecule has 2 bridgehead atoms. The van der Waals surface area contributed by atoms with Crippen LogP contribution in [0.1, 0.15) is 39.2 Å². The molecule has 2 heterocycles. The van der Waals surface area contributed by atoms with Crippen molar-refractivity contribution in [3.8, 4) is 0 Å². The molecule has 0 amide bonds. The first-order chi connectivity index (χ1) is 13.9. The fourth-order valence-corrected chi connectivity index (χ4v) is 6.00. The number of fused-ring (bicyclic) bond motifs is 2. The van der Waals surface area contributed by atoms with Crippen LogP contribution in [0.4, 0.5) is 5.69 Å². The fourth-order valence-electron chi connectivity index (χ4n) is 5.58. The number of hydrogen-bond acceptors (Lipinski definition) is 5. The van der Waals surface area contributed by atoms with E-state index in [2.05, 4.69) is 57.4 Å². The van der Waals surface area contributed by atoms with Crippen molar-refractivity contribution in [2.75, 3.05) is 11.9 Å². The van der Waals surface area contributed by atoms with E-state index in [0.717, 1.165) is 12.2 Å². The van der Waals surface area contributed by atoms with Crippen LogP contribution < -0.4 is 16.2 Å². The molecule has 156 valence electrons. The van der Waals surface area contributed by atoms with E-state index >= 15 is 0 Å². The minimum atomic E-state index is -0.0856. The predicted octanol–water partition coefficient (Wildman–Crippen LogP) is 3.67. The molecule has 0 spiro atoms. The van der Waals surface area contributed by atoms with Crippen LogP contribution in [-0.2, 0) is 13.1 Å². The van der Waals surface area contributed by atoms with Gasteiger partial charge in [-0.1, -0.05) is 20.8 Å². The molecule has 3 aliphatic carbocycles. The van der Waals surface area contributed by atoms with E-state index in [4.69, 9.17) is 0 Å². The highest BCUT2D eigenvalue weighted by Gasteiger charge is 2.60. The van der Waals surface area contributed by atoms with Gasteiger partial charge in [0.2, 0.25) is 0 Å². The van der Waals surface area contributed by atoms with Crippen molar-refractivity contribution < 1.29 is 0 Å². The number of aromatic nitrogens is 3. The van der Waals surface area contributed by atoms with Gasteiger partial charge in [-0.05, 0) is 69.6 Å². The van der Waals surface area contributed by atoms with Crippen LogP contribution in [0.3, 0.4) is 0 Å². The number of rotatable bonds is 7. The summed E-state index contributed by atoms with van der Waals surface area (Å²) in [6.45, 7) is 9.09. The van der Waals surface area contributed by atoms with E-state index in [1.807, 2.05) is 12.1 Å². The van der Waals surface area contributed by atoms with Crippen LogP contribution in [0.2, 0.25) is 0 Å². The molecular weight excluding hydrogens is 430 g/mol. The van der Waals surface area contributed by atoms with E-state index in [1.165, 1.54) is 23.1 Å². The third-order valence-corrected chi connectivity index (χ3v) is 7.83. The smallest absolute Gasteiger partial charge is 0.283 e. The van der Waals surface area contributed by atoms with E-state index in [9.17, 15) is 4.79 Å². The molecule has 29 heavy (non-hydrogen) atoms. The SMILES string of the molecule is C[C@H]1CC[C@@H]2[C@@H](Nc3cnn(CCNCc4ccncc4)c(=O)c3Br)[C@H]1C2(C)C. The highest BCUT2D eigenvalue weighted by molar-refractivity contribution is 9.10. The number of hydrogen-bond donors (Lipinski definition) is 2. The molecule has 0 aromatic carbocycles. The van der Waals surface area contributed by atoms with Gasteiger partial charge < -0.3 is 10.6 Å². The van der Waals surface area contributed by atoms with E-state index in [1.54, 1.807) is 18.6 Å². The Balaban J connectivity index is 1.37. The summed E-state index contributed by atoms with van der Waals surface area (Å²) in [7, 11) is 0. The third-order valence-electron chi connectivity index (χ3n) is 7.07. The minimum absolute atomic E-state index is 0.0856. The highest BCUT2D eigenvalue weighted by atomic mass is 79.9. The van der Waals surface area contributed by atoms with Crippen molar-refractivity contribution >= 4 is 21.6 Å². The van der Waals surface area contributed by atoms with E-state index in [0.29, 0.717) is 46.8 Å². The normalized spacial score (nSPS) is 27.3. The zero-order valence-corrected chi connectivity index (χ0v) is 18.9. The molecular formula is C22H30BrN5O. The van der Waals surface area contributed by atoms with Crippen molar-refractivity contribution in [2.45, 2.75) is 52.7 Å². The van der Waals surface area contributed by atoms with Crippen molar-refractivity contribution in [3.63, 3.8) is 0 Å². The van der Waals surface area contributed by atoms with Gasteiger partial charge in [0.1, 0.15) is 4.47 Å². The van der Waals surface area contributed by atoms with Crippen molar-refractivity contribution in [3.05, 3.63) is 51.1 Å². The summed E-state index contributed by atoms with van der Waals surface area (Å²) in [5.41, 5.74) is 2.28. The molecule has 0 aliphatic heterocycles. The van der Waals surface area contributed by atoms with Crippen LogP contribution in [0, 0.1) is 23.2 Å². The molecule has 3 saturated carbocycles. The second kappa shape index (κ2) is 8.19. The van der Waals surface area contributed by atoms with Gasteiger partial charge in [0, 0.05) is 31.5 Å². The second-order valence-corrected chi connectivity index (χ2v) is 9.90. The van der Waals surface area contributed by atoms with Gasteiger partial charge in [-0.2, -0.15) is 5.10 Å². The Morgan fingerprint density at radius 2 is 2.03 bits per heavy atom. The summed E-state index contributed by atoms with van der Waals surface area (Å²) in [4.78, 5) is 16.8. The molecule has 6 nitrogen and oxygen atoms in total. The lowest BCUT2D eigenvalue weighted by molar-refractivity contribution is -0.113. The molecule has 7 heteroatoms. The zero-order chi connectivity index (χ0) is 20.6. The Hall–Kier alpha value is -1.73. The maximum Gasteiger partial charge on any atom is 0.283 e. The third kappa shape index (κ3) is 3.87. The van der Waals surface area contributed by atoms with Crippen LogP contribution in [0.25, 0.3) is 0 Å². The quantitative estimate of drug-likeness (QED) is 0.617. The monoisotopic (exact) mass is 459 g/mol. The van der Waals surface area contributed by atoms with E-state index in [-0.39, 0.29) is 5.56 Å². The molecule has 2 N–H and O–H groups in total. The lowest BCUT2D eigenvalue weighted by Crippen LogP contribution is -2.65. The Morgan fingerprint density at radius 1 is 1.28 bits per heavy atom. The van der Waals surface area contributed by atoms with Crippen LogP contribution >= 0.6 is 15.9 Å². The van der Waals surface area contributed by atoms with Gasteiger partial charge in [-0.15, -0.1) is 0 Å². The molecule has 3 aliphatic rings. The van der Waals surface area contributed by atoms with Crippen molar-refractivity contribution in [1.29, 1.82) is 0 Å². The average molecular weight is 460 g/mol. The topological polar surface area (TPSA) is 71.8 Å². The maximum absolute atomic E-state index is 12.8. The summed E-state index contributed by atoms with van der Waals surface area (Å²) in [6, 6.07) is 4.39. The summed E-state index contributed by atoms with van der Waals surface area (Å²) in [5.74, 6) is 2.02. The number of halogens is 1. The zero-order valence-electron chi connectivity index (χ0n) is 17.4. The first-order valence-corrected chi connectivity index (χ1v) is 11.3. The molecule has 3 fully saturated rings. The summed E-state index contributed by atoms with van der Waals surface area (Å²) < 4.78 is 2.10. The Morgan fingerprint density at radius 3 is 2.72 bits per heavy atom. The van der Waals surface area contributed by atoms with Crippen molar-refractivity contribution in [1.82, 2.24) is 20.1 Å². The standard InChI is InChI=1S/C22H30BrN5O/c1-14-4-5-16-20(18(14)22(16,2)3)27-17-13-26-28(21(29)19(17)23)11-10-25-12-15-6-8-24-9-7-15/h6-9,13-14,16,18,20,25,27H,4-5,10-12H2,1-3H3/t14-,16+,18-,20+/m0/s1. The number of nitrogens with one attached hydrogen (secondary N) is 2. The molecule has 0 unspecified atom stereocenters. The average Bonchev–Trinajstić information content (AvgIpc) is 2.70. The van der Waals surface area contributed by atoms with Gasteiger partial charge in [-0.3, -0.25) is 9.78 Å². The lowest BCUT2D eigenvalue weighted by atomic mass is 9.43. The summed E-state index contributed by atoms with van der Waals surface area (Å²) in [6.07, 6.45) is 7.92. The molecule has 4 atom stereocenters. The van der Waals surface area contributed by atoms with Gasteiger partial charge in [0.25, 0.3) is 5.56 Å². The molecule has 0 radical (unpaired) electrons. The first kappa shape index (κ1) is 20.5. The van der Waals surface area contributed by atoms with Crippen LogP contribution in [-0.4, -0.2) is 27.4 Å². The molecule has 2 aromatic rings. The van der Waals surface area contributed by atoms with Gasteiger partial charge in [-0.25, -0.2) is 4.68 Å². The summed E-state index contributed by atoms with van der Waals surface area (Å²) >= 11 is 3.52. The fraction of sp³-hybridized carbons (Fsp3) is 0.591. The largest absolute Gasteiger partial charge is 0.379 e. The molecule has 0 saturated heterocycles. The number of nitrogens with zero attached hydrogens (tertiary/aromatic N) is 3. The molecule has 5 rings (SSSR count). The first-order valence-electron chi connectivity index (χ1n) is 10.5. The Labute approximate surface area is 180 Å². The van der Waals surface area contributed by atoms with Gasteiger partial charge in [0.05, 0.1) is 18.4 Å². The lowest BCUT2D eigenvalue weighted by Gasteiger charge is -2.65. The van der Waals surface area contributed by atoms with Gasteiger partial charge >= 0.3 is 0 Å². The predicted molar refractivity (Wildman–Crippen MR) is 119 cm³/mol. The van der Waals surface area contributed by atoms with Crippen LogP contribution in [0.15, 0.2) is 40.0 Å². The Bertz CT molecular complexity index is 913. The van der Waals surface area contributed by atoms with E-state index < -0.39 is 0 Å². The number of anilines is 1. The highest BCUT2D eigenvalue weighted by Crippen LogP contribution is 2.62. The van der Waals surface area contributed by atoms with Crippen LogP contribution in [0.5, 0.6) is 0 Å². The van der Waals surface area contributed by atoms with Crippen molar-refractivity contribution in [2.24, 2.45) is 23.2 Å². The maximum atomic E-state index is 12.8. The Kier molecular flexibility index (Phi) is 5.80.